The maximum absolute atomic E-state index is 13.5. The highest BCUT2D eigenvalue weighted by molar-refractivity contribution is 5.48. The smallest absolute Gasteiger partial charge is 0.125 e. The second-order valence-electron chi connectivity index (χ2n) is 6.11. The topological polar surface area (TPSA) is 32.3 Å². The van der Waals surface area contributed by atoms with Crippen LogP contribution in [-0.4, -0.2) is 17.3 Å². The minimum absolute atomic E-state index is 0.0913. The summed E-state index contributed by atoms with van der Waals surface area (Å²) in [5.74, 6) is 0.713. The molecule has 19 heavy (non-hydrogen) atoms. The number of rotatable bonds is 3. The molecule has 0 heterocycles. The molecule has 0 bridgehead atoms. The molecule has 3 atom stereocenters. The molecule has 0 radical (unpaired) electrons. The molecule has 1 aliphatic rings. The number of anilines is 1. The average Bonchev–Trinajstić information content (AvgIpc) is 2.34. The largest absolute Gasteiger partial charge is 0.394 e. The number of hydrogen-bond acceptors (Lipinski definition) is 2. The number of aliphatic hydroxyl groups is 1. The molecule has 0 saturated heterocycles. The lowest BCUT2D eigenvalue weighted by molar-refractivity contribution is 0.0924. The van der Waals surface area contributed by atoms with Gasteiger partial charge in [0.25, 0.3) is 0 Å². The first-order chi connectivity index (χ1) is 8.97. The molecule has 3 heteroatoms. The van der Waals surface area contributed by atoms with Crippen molar-refractivity contribution < 1.29 is 9.50 Å². The summed E-state index contributed by atoms with van der Waals surface area (Å²) >= 11 is 0. The van der Waals surface area contributed by atoms with Crippen molar-refractivity contribution in [1.29, 1.82) is 0 Å². The summed E-state index contributed by atoms with van der Waals surface area (Å²) in [6.07, 6.45) is 3.24. The molecule has 0 aromatic heterocycles. The van der Waals surface area contributed by atoms with Crippen LogP contribution in [0.1, 0.15) is 38.7 Å². The molecule has 3 unspecified atom stereocenters. The normalized spacial score (nSPS) is 31.2. The summed E-state index contributed by atoms with van der Waals surface area (Å²) in [4.78, 5) is 0. The van der Waals surface area contributed by atoms with Crippen LogP contribution in [0.15, 0.2) is 18.2 Å². The van der Waals surface area contributed by atoms with Crippen molar-refractivity contribution in [3.05, 3.63) is 29.6 Å². The van der Waals surface area contributed by atoms with E-state index in [1.807, 2.05) is 13.0 Å². The van der Waals surface area contributed by atoms with Crippen LogP contribution < -0.4 is 5.32 Å². The monoisotopic (exact) mass is 265 g/mol. The predicted octanol–water partition coefficient (Wildman–Crippen LogP) is 3.73. The van der Waals surface area contributed by atoms with Crippen molar-refractivity contribution in [1.82, 2.24) is 0 Å². The molecule has 1 saturated carbocycles. The van der Waals surface area contributed by atoms with E-state index in [4.69, 9.17) is 0 Å². The third kappa shape index (κ3) is 2.92. The van der Waals surface area contributed by atoms with Crippen LogP contribution in [-0.2, 0) is 0 Å². The van der Waals surface area contributed by atoms with E-state index in [-0.39, 0.29) is 18.0 Å². The maximum atomic E-state index is 13.5. The Bertz CT molecular complexity index is 428. The lowest BCUT2D eigenvalue weighted by Gasteiger charge is -2.46. The van der Waals surface area contributed by atoms with Gasteiger partial charge in [-0.2, -0.15) is 0 Å². The second-order valence-corrected chi connectivity index (χ2v) is 6.11. The average molecular weight is 265 g/mol. The van der Waals surface area contributed by atoms with E-state index in [0.717, 1.165) is 24.1 Å². The van der Waals surface area contributed by atoms with Crippen molar-refractivity contribution >= 4 is 5.69 Å². The number of hydrogen-bond donors (Lipinski definition) is 2. The van der Waals surface area contributed by atoms with Crippen LogP contribution in [0.4, 0.5) is 10.1 Å². The van der Waals surface area contributed by atoms with Crippen molar-refractivity contribution in [3.8, 4) is 0 Å². The number of aliphatic hydroxyl groups excluding tert-OH is 1. The molecule has 0 amide bonds. The highest BCUT2D eigenvalue weighted by Gasteiger charge is 2.41. The summed E-state index contributed by atoms with van der Waals surface area (Å²) in [6, 6.07) is 4.96. The van der Waals surface area contributed by atoms with Gasteiger partial charge >= 0.3 is 0 Å². The Morgan fingerprint density at radius 3 is 2.74 bits per heavy atom. The van der Waals surface area contributed by atoms with E-state index in [1.165, 1.54) is 18.6 Å². The Kier molecular flexibility index (Phi) is 4.14. The van der Waals surface area contributed by atoms with Gasteiger partial charge in [-0.05, 0) is 48.9 Å². The van der Waals surface area contributed by atoms with Gasteiger partial charge in [-0.25, -0.2) is 4.39 Å². The van der Waals surface area contributed by atoms with E-state index >= 15 is 0 Å². The van der Waals surface area contributed by atoms with Gasteiger partial charge in [0.15, 0.2) is 0 Å². The van der Waals surface area contributed by atoms with Gasteiger partial charge in [-0.15, -0.1) is 0 Å². The van der Waals surface area contributed by atoms with Gasteiger partial charge in [0.2, 0.25) is 0 Å². The van der Waals surface area contributed by atoms with Crippen molar-refractivity contribution in [2.24, 2.45) is 11.8 Å². The van der Waals surface area contributed by atoms with Gasteiger partial charge in [0, 0.05) is 5.69 Å². The molecule has 2 nitrogen and oxygen atoms in total. The maximum Gasteiger partial charge on any atom is 0.125 e. The molecular formula is C16H24FNO. The lowest BCUT2D eigenvalue weighted by atomic mass is 9.68. The fourth-order valence-corrected chi connectivity index (χ4v) is 3.30. The van der Waals surface area contributed by atoms with Gasteiger partial charge in [-0.3, -0.25) is 0 Å². The summed E-state index contributed by atoms with van der Waals surface area (Å²) in [6.45, 7) is 6.38. The summed E-state index contributed by atoms with van der Waals surface area (Å²) in [5.41, 5.74) is 1.34. The molecule has 0 aliphatic heterocycles. The number of benzene rings is 1. The Morgan fingerprint density at radius 2 is 2.11 bits per heavy atom. The van der Waals surface area contributed by atoms with Crippen molar-refractivity contribution in [2.75, 3.05) is 11.9 Å². The van der Waals surface area contributed by atoms with Crippen LogP contribution >= 0.6 is 0 Å². The van der Waals surface area contributed by atoms with Crippen molar-refractivity contribution in [2.45, 2.75) is 45.6 Å². The molecule has 2 rings (SSSR count). The Balaban J connectivity index is 2.26. The first-order valence-electron chi connectivity index (χ1n) is 7.13. The number of halogens is 1. The SMILES string of the molecule is Cc1cc(F)cc(NC2(CO)CCCC(C)C2C)c1. The molecule has 1 fully saturated rings. The van der Waals surface area contributed by atoms with Gasteiger partial charge in [0.05, 0.1) is 12.1 Å². The van der Waals surface area contributed by atoms with Crippen molar-refractivity contribution in [3.63, 3.8) is 0 Å². The molecule has 1 aliphatic carbocycles. The summed E-state index contributed by atoms with van der Waals surface area (Å²) in [5, 5.41) is 13.3. The Labute approximate surface area is 115 Å². The summed E-state index contributed by atoms with van der Waals surface area (Å²) in [7, 11) is 0. The molecule has 1 aromatic rings. The van der Waals surface area contributed by atoms with E-state index in [2.05, 4.69) is 19.2 Å². The fraction of sp³-hybridized carbons (Fsp3) is 0.625. The molecule has 0 spiro atoms. The third-order valence-electron chi connectivity index (χ3n) is 4.73. The van der Waals surface area contributed by atoms with E-state index < -0.39 is 0 Å². The number of nitrogens with one attached hydrogen (secondary N) is 1. The Morgan fingerprint density at radius 1 is 1.37 bits per heavy atom. The quantitative estimate of drug-likeness (QED) is 0.872. The molecule has 106 valence electrons. The van der Waals surface area contributed by atoms with Crippen LogP contribution in [0.2, 0.25) is 0 Å². The first kappa shape index (κ1) is 14.3. The highest BCUT2D eigenvalue weighted by atomic mass is 19.1. The van der Waals surface area contributed by atoms with Crippen LogP contribution in [0.25, 0.3) is 0 Å². The molecule has 1 aromatic carbocycles. The van der Waals surface area contributed by atoms with Gasteiger partial charge in [0.1, 0.15) is 5.82 Å². The zero-order valence-electron chi connectivity index (χ0n) is 12.0. The van der Waals surface area contributed by atoms with E-state index in [1.54, 1.807) is 0 Å². The standard InChI is InChI=1S/C16H24FNO/c1-11-7-14(17)9-15(8-11)18-16(10-19)6-4-5-12(2)13(16)3/h7-9,12-13,18-19H,4-6,10H2,1-3H3. The van der Waals surface area contributed by atoms with Crippen LogP contribution in [0, 0.1) is 24.6 Å². The van der Waals surface area contributed by atoms with Gasteiger partial charge < -0.3 is 10.4 Å². The zero-order chi connectivity index (χ0) is 14.0. The minimum Gasteiger partial charge on any atom is -0.394 e. The van der Waals surface area contributed by atoms with Crippen LogP contribution in [0.3, 0.4) is 0 Å². The van der Waals surface area contributed by atoms with Crippen LogP contribution in [0.5, 0.6) is 0 Å². The highest BCUT2D eigenvalue weighted by Crippen LogP contribution is 2.39. The lowest BCUT2D eigenvalue weighted by Crippen LogP contribution is -2.52. The number of aryl methyl sites for hydroxylation is 1. The first-order valence-corrected chi connectivity index (χ1v) is 7.13. The third-order valence-corrected chi connectivity index (χ3v) is 4.73. The predicted molar refractivity (Wildman–Crippen MR) is 76.8 cm³/mol. The molecular weight excluding hydrogens is 241 g/mol. The second kappa shape index (κ2) is 5.49. The minimum atomic E-state index is -0.322. The fourth-order valence-electron chi connectivity index (χ4n) is 3.30. The molecule has 2 N–H and O–H groups in total. The summed E-state index contributed by atoms with van der Waals surface area (Å²) < 4.78 is 13.5. The zero-order valence-corrected chi connectivity index (χ0v) is 12.0. The van der Waals surface area contributed by atoms with E-state index in [0.29, 0.717) is 11.8 Å². The van der Waals surface area contributed by atoms with E-state index in [9.17, 15) is 9.50 Å². The Hall–Kier alpha value is -1.09. The van der Waals surface area contributed by atoms with Gasteiger partial charge in [-0.1, -0.05) is 26.7 Å².